The molecule has 0 radical (unpaired) electrons. The van der Waals surface area contributed by atoms with E-state index >= 15 is 0 Å². The predicted octanol–water partition coefficient (Wildman–Crippen LogP) is 3.12. The molecule has 0 spiro atoms. The average Bonchev–Trinajstić information content (AvgIpc) is 3.47. The molecule has 8 heteroatoms. The van der Waals surface area contributed by atoms with Crippen molar-refractivity contribution in [2.24, 2.45) is 0 Å². The number of rotatable bonds is 6. The van der Waals surface area contributed by atoms with Crippen molar-refractivity contribution in [2.45, 2.75) is 6.61 Å². The highest BCUT2D eigenvalue weighted by Gasteiger charge is 2.15. The van der Waals surface area contributed by atoms with Crippen LogP contribution in [0.4, 0.5) is 0 Å². The lowest BCUT2D eigenvalue weighted by Gasteiger charge is -2.05. The summed E-state index contributed by atoms with van der Waals surface area (Å²) in [5, 5.41) is 4.20. The van der Waals surface area contributed by atoms with Gasteiger partial charge >= 0.3 is 5.91 Å². The molecule has 2 aromatic carbocycles. The number of nitrogens with one attached hydrogen (secondary N) is 2. The zero-order chi connectivity index (χ0) is 20.8. The molecule has 4 rings (SSSR count). The predicted molar refractivity (Wildman–Crippen MR) is 108 cm³/mol. The second kappa shape index (κ2) is 8.78. The highest BCUT2D eigenvalue weighted by Crippen LogP contribution is 2.14. The van der Waals surface area contributed by atoms with Gasteiger partial charge in [-0.3, -0.25) is 20.4 Å². The number of carbonyl (C=O) groups is 2. The van der Waals surface area contributed by atoms with E-state index in [1.165, 1.54) is 6.07 Å². The van der Waals surface area contributed by atoms with Crippen LogP contribution < -0.4 is 15.6 Å². The topological polar surface area (TPSA) is 98.4 Å². The van der Waals surface area contributed by atoms with Gasteiger partial charge in [-0.25, -0.2) is 4.68 Å². The Bertz CT molecular complexity index is 1140. The SMILES string of the molecule is O=C(NNC(=O)c1ccc(COc2ccccc2)o1)c1ccn(-c2ccccc2)n1. The summed E-state index contributed by atoms with van der Waals surface area (Å²) in [5.74, 6) is 0.102. The number of amides is 2. The third kappa shape index (κ3) is 4.56. The molecular weight excluding hydrogens is 384 g/mol. The van der Waals surface area contributed by atoms with Crippen LogP contribution in [-0.4, -0.2) is 21.6 Å². The lowest BCUT2D eigenvalue weighted by Crippen LogP contribution is -2.41. The number of furan rings is 1. The molecule has 0 saturated carbocycles. The van der Waals surface area contributed by atoms with Gasteiger partial charge in [0.05, 0.1) is 5.69 Å². The van der Waals surface area contributed by atoms with Gasteiger partial charge in [0.1, 0.15) is 18.1 Å². The third-order valence-electron chi connectivity index (χ3n) is 4.14. The maximum atomic E-state index is 12.2. The number of nitrogens with zero attached hydrogens (tertiary/aromatic N) is 2. The van der Waals surface area contributed by atoms with E-state index in [9.17, 15) is 9.59 Å². The summed E-state index contributed by atoms with van der Waals surface area (Å²) < 4.78 is 12.6. The fraction of sp³-hybridized carbons (Fsp3) is 0.0455. The summed E-state index contributed by atoms with van der Waals surface area (Å²) in [7, 11) is 0. The van der Waals surface area contributed by atoms with E-state index in [0.29, 0.717) is 11.5 Å². The molecule has 0 aliphatic carbocycles. The Morgan fingerprint density at radius 2 is 1.57 bits per heavy atom. The van der Waals surface area contributed by atoms with E-state index in [1.807, 2.05) is 60.7 Å². The van der Waals surface area contributed by atoms with E-state index in [0.717, 1.165) is 5.69 Å². The maximum Gasteiger partial charge on any atom is 0.305 e. The molecule has 30 heavy (non-hydrogen) atoms. The van der Waals surface area contributed by atoms with E-state index in [2.05, 4.69) is 16.0 Å². The van der Waals surface area contributed by atoms with Crippen LogP contribution in [0, 0.1) is 0 Å². The summed E-state index contributed by atoms with van der Waals surface area (Å²) in [5.41, 5.74) is 5.62. The van der Waals surface area contributed by atoms with Crippen LogP contribution in [0.1, 0.15) is 26.8 Å². The second-order valence-electron chi connectivity index (χ2n) is 6.26. The number of hydrogen-bond donors (Lipinski definition) is 2. The monoisotopic (exact) mass is 402 g/mol. The van der Waals surface area contributed by atoms with Crippen molar-refractivity contribution in [3.63, 3.8) is 0 Å². The van der Waals surface area contributed by atoms with Gasteiger partial charge in [0.25, 0.3) is 5.91 Å². The first kappa shape index (κ1) is 19.0. The molecule has 0 bridgehead atoms. The number of hydrogen-bond acceptors (Lipinski definition) is 5. The Labute approximate surface area is 172 Å². The second-order valence-corrected chi connectivity index (χ2v) is 6.26. The highest BCUT2D eigenvalue weighted by atomic mass is 16.5. The van der Waals surface area contributed by atoms with Gasteiger partial charge in [0.15, 0.2) is 11.5 Å². The number of para-hydroxylation sites is 2. The van der Waals surface area contributed by atoms with Crippen molar-refractivity contribution in [3.05, 3.63) is 102 Å². The fourth-order valence-electron chi connectivity index (χ4n) is 2.66. The number of benzene rings is 2. The molecule has 0 aliphatic heterocycles. The number of ether oxygens (including phenoxy) is 1. The van der Waals surface area contributed by atoms with Crippen LogP contribution in [0.15, 0.2) is 89.5 Å². The number of aromatic nitrogens is 2. The van der Waals surface area contributed by atoms with Crippen LogP contribution in [-0.2, 0) is 6.61 Å². The van der Waals surface area contributed by atoms with E-state index in [4.69, 9.17) is 9.15 Å². The molecule has 150 valence electrons. The Morgan fingerprint density at radius 1 is 0.867 bits per heavy atom. The summed E-state index contributed by atoms with van der Waals surface area (Å²) in [6, 6.07) is 23.3. The lowest BCUT2D eigenvalue weighted by atomic mass is 10.3. The highest BCUT2D eigenvalue weighted by molar-refractivity contribution is 5.96. The summed E-state index contributed by atoms with van der Waals surface area (Å²) >= 11 is 0. The minimum absolute atomic E-state index is 0.0526. The Kier molecular flexibility index (Phi) is 5.56. The van der Waals surface area contributed by atoms with Crippen molar-refractivity contribution in [3.8, 4) is 11.4 Å². The van der Waals surface area contributed by atoms with Gasteiger partial charge in [-0.1, -0.05) is 36.4 Å². The van der Waals surface area contributed by atoms with Gasteiger partial charge in [-0.15, -0.1) is 0 Å². The van der Waals surface area contributed by atoms with Crippen LogP contribution in [0.3, 0.4) is 0 Å². The zero-order valence-electron chi connectivity index (χ0n) is 15.8. The van der Waals surface area contributed by atoms with E-state index in [1.54, 1.807) is 23.0 Å². The van der Waals surface area contributed by atoms with E-state index in [-0.39, 0.29) is 18.1 Å². The van der Waals surface area contributed by atoms with Crippen molar-refractivity contribution < 1.29 is 18.7 Å². The van der Waals surface area contributed by atoms with Gasteiger partial charge in [-0.05, 0) is 42.5 Å². The van der Waals surface area contributed by atoms with Crippen molar-refractivity contribution in [1.82, 2.24) is 20.6 Å². The molecule has 4 aromatic rings. The van der Waals surface area contributed by atoms with Crippen molar-refractivity contribution in [2.75, 3.05) is 0 Å². The third-order valence-corrected chi connectivity index (χ3v) is 4.14. The number of hydrazine groups is 1. The van der Waals surface area contributed by atoms with Crippen LogP contribution in [0.2, 0.25) is 0 Å². The molecule has 0 aliphatic rings. The molecule has 0 fully saturated rings. The van der Waals surface area contributed by atoms with Gasteiger partial charge < -0.3 is 9.15 Å². The molecule has 0 atom stereocenters. The smallest absolute Gasteiger partial charge is 0.305 e. The summed E-state index contributed by atoms with van der Waals surface area (Å²) in [6.07, 6.45) is 1.66. The maximum absolute atomic E-state index is 12.2. The molecule has 2 amide bonds. The summed E-state index contributed by atoms with van der Waals surface area (Å²) in [6.45, 7) is 0.181. The zero-order valence-corrected chi connectivity index (χ0v) is 15.8. The van der Waals surface area contributed by atoms with Gasteiger partial charge in [-0.2, -0.15) is 5.10 Å². The minimum Gasteiger partial charge on any atom is -0.486 e. The normalized spacial score (nSPS) is 10.4. The first-order valence-electron chi connectivity index (χ1n) is 9.17. The van der Waals surface area contributed by atoms with E-state index < -0.39 is 11.8 Å². The lowest BCUT2D eigenvalue weighted by molar-refractivity contribution is 0.0826. The molecule has 8 nitrogen and oxygen atoms in total. The van der Waals surface area contributed by atoms with Crippen LogP contribution >= 0.6 is 0 Å². The summed E-state index contributed by atoms with van der Waals surface area (Å²) in [4.78, 5) is 24.4. The largest absolute Gasteiger partial charge is 0.486 e. The Morgan fingerprint density at radius 3 is 2.33 bits per heavy atom. The van der Waals surface area contributed by atoms with Crippen LogP contribution in [0.5, 0.6) is 5.75 Å². The van der Waals surface area contributed by atoms with Crippen LogP contribution in [0.25, 0.3) is 5.69 Å². The standard InChI is InChI=1S/C22H18N4O4/c27-21(19-13-14-26(25-19)16-7-3-1-4-8-16)23-24-22(28)20-12-11-18(30-20)15-29-17-9-5-2-6-10-17/h1-14H,15H2,(H,23,27)(H,24,28). The average molecular weight is 402 g/mol. The fourth-order valence-corrected chi connectivity index (χ4v) is 2.66. The molecule has 0 unspecified atom stereocenters. The van der Waals surface area contributed by atoms with Crippen molar-refractivity contribution in [1.29, 1.82) is 0 Å². The molecule has 2 aromatic heterocycles. The Balaban J connectivity index is 1.30. The molecule has 2 heterocycles. The minimum atomic E-state index is -0.586. The molecule has 0 saturated heterocycles. The molecular formula is C22H18N4O4. The first-order chi connectivity index (χ1) is 14.7. The van der Waals surface area contributed by atoms with Gasteiger partial charge in [0, 0.05) is 6.20 Å². The Hall–Kier alpha value is -4.33. The van der Waals surface area contributed by atoms with Gasteiger partial charge in [0.2, 0.25) is 0 Å². The quantitative estimate of drug-likeness (QED) is 0.483. The molecule has 2 N–H and O–H groups in total. The first-order valence-corrected chi connectivity index (χ1v) is 9.17. The van der Waals surface area contributed by atoms with Crippen molar-refractivity contribution >= 4 is 11.8 Å². The number of carbonyl (C=O) groups excluding carboxylic acids is 2.